The van der Waals surface area contributed by atoms with E-state index >= 15 is 0 Å². The Kier molecular flexibility index (Phi) is 2.57. The lowest BCUT2D eigenvalue weighted by Crippen LogP contribution is -2.08. The molecule has 22 heavy (non-hydrogen) atoms. The second-order valence-corrected chi connectivity index (χ2v) is 5.01. The van der Waals surface area contributed by atoms with Crippen LogP contribution >= 0.6 is 0 Å². The van der Waals surface area contributed by atoms with E-state index in [1.165, 1.54) is 0 Å². The fourth-order valence-corrected chi connectivity index (χ4v) is 2.62. The average molecular weight is 286 g/mol. The number of aromatic hydroxyl groups is 1. The zero-order valence-electron chi connectivity index (χ0n) is 11.4. The Hall–Kier alpha value is -3.39. The fraction of sp³-hybridized carbons (Fsp3) is 0. The molecule has 1 aliphatic rings. The normalized spacial score (nSPS) is 13.6. The van der Waals surface area contributed by atoms with Crippen molar-refractivity contribution in [3.8, 4) is 11.9 Å². The van der Waals surface area contributed by atoms with Crippen LogP contribution in [0.4, 0.5) is 5.69 Å². The van der Waals surface area contributed by atoms with Crippen LogP contribution in [-0.4, -0.2) is 10.1 Å². The molecule has 2 aromatic carbocycles. The summed E-state index contributed by atoms with van der Waals surface area (Å²) in [7, 11) is 0. The summed E-state index contributed by atoms with van der Waals surface area (Å²) in [5, 5.41) is 29.5. The summed E-state index contributed by atoms with van der Waals surface area (Å²) in [6.07, 6.45) is 1.88. The van der Waals surface area contributed by atoms with Crippen LogP contribution in [0.15, 0.2) is 52.7 Å². The molecule has 0 unspecified atom stereocenters. The van der Waals surface area contributed by atoms with Gasteiger partial charge in [-0.2, -0.15) is 5.26 Å². The SMILES string of the molecule is N#CC1=c2ccc(=Cc3c(O)[nH]c4ccccc34)cc2N=N1. The van der Waals surface area contributed by atoms with E-state index in [-0.39, 0.29) is 5.88 Å². The summed E-state index contributed by atoms with van der Waals surface area (Å²) in [6.45, 7) is 0. The van der Waals surface area contributed by atoms with E-state index in [0.717, 1.165) is 26.9 Å². The van der Waals surface area contributed by atoms with Crippen molar-refractivity contribution in [1.29, 1.82) is 5.26 Å². The number of rotatable bonds is 1. The van der Waals surface area contributed by atoms with Gasteiger partial charge in [0, 0.05) is 21.7 Å². The zero-order valence-corrected chi connectivity index (χ0v) is 11.4. The first-order valence-electron chi connectivity index (χ1n) is 6.74. The Morgan fingerprint density at radius 2 is 2.00 bits per heavy atom. The van der Waals surface area contributed by atoms with Crippen molar-refractivity contribution < 1.29 is 5.11 Å². The lowest BCUT2D eigenvalue weighted by atomic mass is 10.1. The summed E-state index contributed by atoms with van der Waals surface area (Å²) < 4.78 is 0. The minimum atomic E-state index is 0.132. The molecule has 0 bridgehead atoms. The number of hydrogen-bond acceptors (Lipinski definition) is 4. The fourth-order valence-electron chi connectivity index (χ4n) is 2.62. The molecule has 5 heteroatoms. The van der Waals surface area contributed by atoms with Crippen molar-refractivity contribution >= 4 is 28.4 Å². The molecule has 0 aliphatic carbocycles. The van der Waals surface area contributed by atoms with Crippen LogP contribution in [0.2, 0.25) is 0 Å². The molecule has 5 nitrogen and oxygen atoms in total. The van der Waals surface area contributed by atoms with E-state index in [1.54, 1.807) is 0 Å². The molecule has 1 aliphatic heterocycles. The molecule has 0 radical (unpaired) electrons. The molecule has 4 rings (SSSR count). The zero-order chi connectivity index (χ0) is 15.1. The molecule has 104 valence electrons. The van der Waals surface area contributed by atoms with E-state index < -0.39 is 0 Å². The van der Waals surface area contributed by atoms with Gasteiger partial charge in [-0.1, -0.05) is 24.3 Å². The number of aromatic amines is 1. The van der Waals surface area contributed by atoms with Crippen LogP contribution in [0.3, 0.4) is 0 Å². The van der Waals surface area contributed by atoms with Gasteiger partial charge in [-0.05, 0) is 29.5 Å². The third-order valence-electron chi connectivity index (χ3n) is 3.68. The molecular formula is C17H10N4O. The van der Waals surface area contributed by atoms with E-state index in [2.05, 4.69) is 15.2 Å². The topological polar surface area (TPSA) is 84.5 Å². The minimum Gasteiger partial charge on any atom is -0.494 e. The summed E-state index contributed by atoms with van der Waals surface area (Å²) in [5.41, 5.74) is 2.61. The van der Waals surface area contributed by atoms with Crippen molar-refractivity contribution in [2.75, 3.05) is 0 Å². The molecule has 0 saturated carbocycles. The van der Waals surface area contributed by atoms with Crippen molar-refractivity contribution in [1.82, 2.24) is 4.98 Å². The van der Waals surface area contributed by atoms with Crippen molar-refractivity contribution in [3.05, 3.63) is 58.5 Å². The molecule has 2 heterocycles. The number of hydrogen-bond donors (Lipinski definition) is 2. The predicted octanol–water partition coefficient (Wildman–Crippen LogP) is 2.43. The predicted molar refractivity (Wildman–Crippen MR) is 82.8 cm³/mol. The first-order chi connectivity index (χ1) is 10.8. The lowest BCUT2D eigenvalue weighted by molar-refractivity contribution is 0.457. The smallest absolute Gasteiger partial charge is 0.196 e. The number of azo groups is 1. The highest BCUT2D eigenvalue weighted by molar-refractivity contribution is 5.91. The standard InChI is InChI=1S/C17H10N4O/c18-9-16-12-6-5-10(8-15(12)20-21-16)7-13-11-3-1-2-4-14(11)19-17(13)22/h1-8,19,22H. The van der Waals surface area contributed by atoms with Crippen LogP contribution in [0.1, 0.15) is 5.56 Å². The van der Waals surface area contributed by atoms with E-state index in [4.69, 9.17) is 5.26 Å². The maximum Gasteiger partial charge on any atom is 0.196 e. The Morgan fingerprint density at radius 3 is 2.86 bits per heavy atom. The monoisotopic (exact) mass is 286 g/mol. The van der Waals surface area contributed by atoms with Crippen LogP contribution in [0, 0.1) is 11.3 Å². The van der Waals surface area contributed by atoms with E-state index in [0.29, 0.717) is 11.4 Å². The number of nitrogens with zero attached hydrogens (tertiary/aromatic N) is 3. The number of aromatic nitrogens is 1. The summed E-state index contributed by atoms with van der Waals surface area (Å²) in [5.74, 6) is 0.132. The molecule has 0 spiro atoms. The average Bonchev–Trinajstić information content (AvgIpc) is 3.08. The first-order valence-corrected chi connectivity index (χ1v) is 6.74. The molecule has 1 aromatic heterocycles. The number of para-hydroxylation sites is 1. The van der Waals surface area contributed by atoms with Gasteiger partial charge < -0.3 is 10.1 Å². The third-order valence-corrected chi connectivity index (χ3v) is 3.68. The van der Waals surface area contributed by atoms with Crippen LogP contribution in [-0.2, 0) is 0 Å². The van der Waals surface area contributed by atoms with E-state index in [1.807, 2.05) is 54.6 Å². The first kappa shape index (κ1) is 12.4. The number of fused-ring (bicyclic) bond motifs is 2. The van der Waals surface area contributed by atoms with Crippen molar-refractivity contribution in [2.24, 2.45) is 10.2 Å². The highest BCUT2D eigenvalue weighted by atomic mass is 16.3. The molecule has 0 fully saturated rings. The molecule has 0 amide bonds. The summed E-state index contributed by atoms with van der Waals surface area (Å²) >= 11 is 0. The van der Waals surface area contributed by atoms with Gasteiger partial charge in [0.05, 0.1) is 5.69 Å². The highest BCUT2D eigenvalue weighted by Crippen LogP contribution is 2.27. The third kappa shape index (κ3) is 1.79. The number of nitriles is 1. The maximum atomic E-state index is 10.1. The Bertz CT molecular complexity index is 1100. The van der Waals surface area contributed by atoms with Gasteiger partial charge in [0.2, 0.25) is 0 Å². The largest absolute Gasteiger partial charge is 0.494 e. The van der Waals surface area contributed by atoms with E-state index in [9.17, 15) is 5.11 Å². The van der Waals surface area contributed by atoms with Gasteiger partial charge >= 0.3 is 0 Å². The molecular weight excluding hydrogens is 276 g/mol. The van der Waals surface area contributed by atoms with Crippen molar-refractivity contribution in [2.45, 2.75) is 0 Å². The molecule has 0 saturated heterocycles. The lowest BCUT2D eigenvalue weighted by Gasteiger charge is -1.94. The Morgan fingerprint density at radius 1 is 1.14 bits per heavy atom. The van der Waals surface area contributed by atoms with Gasteiger partial charge in [-0.3, -0.25) is 0 Å². The molecule has 0 atom stereocenters. The van der Waals surface area contributed by atoms with Gasteiger partial charge in [0.1, 0.15) is 6.07 Å². The quantitative estimate of drug-likeness (QED) is 0.720. The van der Waals surface area contributed by atoms with Gasteiger partial charge in [-0.25, -0.2) is 0 Å². The van der Waals surface area contributed by atoms with Crippen molar-refractivity contribution in [3.63, 3.8) is 0 Å². The number of H-pyrrole nitrogens is 1. The number of nitrogens with one attached hydrogen (secondary N) is 1. The number of benzene rings is 2. The second-order valence-electron chi connectivity index (χ2n) is 5.01. The maximum absolute atomic E-state index is 10.1. The second kappa shape index (κ2) is 4.57. The van der Waals surface area contributed by atoms with Crippen LogP contribution in [0.25, 0.3) is 22.7 Å². The molecule has 3 aromatic rings. The highest BCUT2D eigenvalue weighted by Gasteiger charge is 2.09. The van der Waals surface area contributed by atoms with Crippen LogP contribution in [0.5, 0.6) is 5.88 Å². The minimum absolute atomic E-state index is 0.132. The van der Waals surface area contributed by atoms with Crippen LogP contribution < -0.4 is 10.4 Å². The molecule has 2 N–H and O–H groups in total. The van der Waals surface area contributed by atoms with Gasteiger partial charge in [0.25, 0.3) is 0 Å². The Balaban J connectivity index is 1.95. The summed E-state index contributed by atoms with van der Waals surface area (Å²) in [4.78, 5) is 2.95. The van der Waals surface area contributed by atoms with Gasteiger partial charge in [0.15, 0.2) is 11.6 Å². The summed E-state index contributed by atoms with van der Waals surface area (Å²) in [6, 6.07) is 15.3. The Labute approximate surface area is 125 Å². The van der Waals surface area contributed by atoms with Gasteiger partial charge in [-0.15, -0.1) is 10.2 Å².